The number of aryl methyl sites for hydroxylation is 1. The average Bonchev–Trinajstić information content (AvgIpc) is 3.17. The van der Waals surface area contributed by atoms with Crippen molar-refractivity contribution < 1.29 is 13.2 Å². The largest absolute Gasteiger partial charge is 0.296 e. The Kier molecular flexibility index (Phi) is 6.96. The van der Waals surface area contributed by atoms with Crippen LogP contribution < -0.4 is 10.0 Å². The predicted molar refractivity (Wildman–Crippen MR) is 114 cm³/mol. The van der Waals surface area contributed by atoms with Crippen LogP contribution in [0.25, 0.3) is 0 Å². The lowest BCUT2D eigenvalue weighted by Gasteiger charge is -2.12. The minimum Gasteiger partial charge on any atom is -0.296 e. The summed E-state index contributed by atoms with van der Waals surface area (Å²) in [5.74, 6) is -0.486. The van der Waals surface area contributed by atoms with Crippen LogP contribution in [-0.4, -0.2) is 30.6 Å². The molecule has 7 nitrogen and oxygen atoms in total. The number of sulfonamides is 1. The second-order valence-electron chi connectivity index (χ2n) is 6.35. The van der Waals surface area contributed by atoms with E-state index in [1.54, 1.807) is 31.2 Å². The molecule has 0 aliphatic heterocycles. The Balaban J connectivity index is 1.61. The molecule has 2 aromatic carbocycles. The summed E-state index contributed by atoms with van der Waals surface area (Å²) >= 11 is 6.77. The van der Waals surface area contributed by atoms with Gasteiger partial charge in [0.2, 0.25) is 9.47 Å². The van der Waals surface area contributed by atoms with Crippen molar-refractivity contribution in [3.8, 4) is 0 Å². The van der Waals surface area contributed by atoms with E-state index in [2.05, 4.69) is 20.2 Å². The van der Waals surface area contributed by atoms with E-state index in [0.717, 1.165) is 23.3 Å². The zero-order valence-corrected chi connectivity index (χ0v) is 17.9. The summed E-state index contributed by atoms with van der Waals surface area (Å²) in [4.78, 5) is 12.3. The van der Waals surface area contributed by atoms with Gasteiger partial charge >= 0.3 is 0 Å². The smallest absolute Gasteiger partial charge is 0.270 e. The number of carbonyl (C=O) groups excluding carboxylic acids is 1. The highest BCUT2D eigenvalue weighted by Gasteiger charge is 2.23. The molecule has 0 aliphatic rings. The van der Waals surface area contributed by atoms with E-state index in [-0.39, 0.29) is 26.1 Å². The second kappa shape index (κ2) is 9.45. The Morgan fingerprint density at radius 3 is 2.52 bits per heavy atom. The van der Waals surface area contributed by atoms with E-state index >= 15 is 0 Å². The van der Waals surface area contributed by atoms with Crippen molar-refractivity contribution >= 4 is 44.0 Å². The number of aromatic nitrogens is 2. The van der Waals surface area contributed by atoms with Crippen LogP contribution >= 0.6 is 22.9 Å². The SMILES string of the molecule is C[C@@H](CCc1ccccc1)NS(=O)(=O)c1nnc(NC(=O)c2ccccc2Cl)s1. The quantitative estimate of drug-likeness (QED) is 0.509. The normalized spacial score (nSPS) is 12.5. The maximum atomic E-state index is 12.5. The van der Waals surface area contributed by atoms with Crippen molar-refractivity contribution in [1.29, 1.82) is 0 Å². The topological polar surface area (TPSA) is 101 Å². The van der Waals surface area contributed by atoms with Crippen LogP contribution in [0.5, 0.6) is 0 Å². The number of nitrogens with zero attached hydrogens (tertiary/aromatic N) is 2. The molecular formula is C19H19ClN4O3S2. The summed E-state index contributed by atoms with van der Waals surface area (Å²) in [6, 6.07) is 16.1. The third-order valence-electron chi connectivity index (χ3n) is 4.04. The van der Waals surface area contributed by atoms with Gasteiger partial charge in [0.05, 0.1) is 10.6 Å². The maximum Gasteiger partial charge on any atom is 0.270 e. The highest BCUT2D eigenvalue weighted by molar-refractivity contribution is 7.91. The van der Waals surface area contributed by atoms with Crippen molar-refractivity contribution in [2.45, 2.75) is 30.1 Å². The van der Waals surface area contributed by atoms with Crippen LogP contribution in [0.2, 0.25) is 5.02 Å². The van der Waals surface area contributed by atoms with Gasteiger partial charge in [-0.25, -0.2) is 13.1 Å². The van der Waals surface area contributed by atoms with Gasteiger partial charge < -0.3 is 0 Å². The highest BCUT2D eigenvalue weighted by Crippen LogP contribution is 2.22. The van der Waals surface area contributed by atoms with Crippen molar-refractivity contribution in [3.63, 3.8) is 0 Å². The molecule has 0 aliphatic carbocycles. The predicted octanol–water partition coefficient (Wildman–Crippen LogP) is 3.74. The Morgan fingerprint density at radius 2 is 1.79 bits per heavy atom. The van der Waals surface area contributed by atoms with Gasteiger partial charge in [-0.3, -0.25) is 10.1 Å². The zero-order chi connectivity index (χ0) is 20.9. The van der Waals surface area contributed by atoms with Gasteiger partial charge in [0.15, 0.2) is 0 Å². The maximum absolute atomic E-state index is 12.5. The van der Waals surface area contributed by atoms with Gasteiger partial charge in [0.25, 0.3) is 15.9 Å². The van der Waals surface area contributed by atoms with Gasteiger partial charge in [0, 0.05) is 6.04 Å². The lowest BCUT2D eigenvalue weighted by Crippen LogP contribution is -2.32. The third kappa shape index (κ3) is 5.83. The van der Waals surface area contributed by atoms with E-state index in [4.69, 9.17) is 11.6 Å². The molecule has 0 radical (unpaired) electrons. The molecule has 0 saturated heterocycles. The lowest BCUT2D eigenvalue weighted by atomic mass is 10.1. The number of carbonyl (C=O) groups is 1. The van der Waals surface area contributed by atoms with Crippen LogP contribution in [0.4, 0.5) is 5.13 Å². The van der Waals surface area contributed by atoms with Crippen LogP contribution in [0, 0.1) is 0 Å². The van der Waals surface area contributed by atoms with E-state index in [1.165, 1.54) is 0 Å². The number of anilines is 1. The second-order valence-corrected chi connectivity index (χ2v) is 9.63. The Bertz CT molecular complexity index is 1090. The van der Waals surface area contributed by atoms with Gasteiger partial charge in [-0.1, -0.05) is 65.4 Å². The lowest BCUT2D eigenvalue weighted by molar-refractivity contribution is 0.102. The van der Waals surface area contributed by atoms with E-state index in [9.17, 15) is 13.2 Å². The zero-order valence-electron chi connectivity index (χ0n) is 15.5. The molecule has 3 aromatic rings. The summed E-state index contributed by atoms with van der Waals surface area (Å²) in [5.41, 5.74) is 1.40. The number of nitrogens with one attached hydrogen (secondary N) is 2. The molecule has 10 heteroatoms. The summed E-state index contributed by atoms with van der Waals surface area (Å²) < 4.78 is 27.5. The van der Waals surface area contributed by atoms with Crippen LogP contribution in [0.15, 0.2) is 58.9 Å². The van der Waals surface area contributed by atoms with Gasteiger partial charge in [0.1, 0.15) is 0 Å². The van der Waals surface area contributed by atoms with Crippen LogP contribution in [0.3, 0.4) is 0 Å². The molecule has 1 aromatic heterocycles. The molecule has 1 heterocycles. The first kappa shape index (κ1) is 21.4. The number of rotatable bonds is 8. The van der Waals surface area contributed by atoms with E-state index in [0.29, 0.717) is 6.42 Å². The van der Waals surface area contributed by atoms with Crippen LogP contribution in [0.1, 0.15) is 29.3 Å². The monoisotopic (exact) mass is 450 g/mol. The molecule has 3 rings (SSSR count). The van der Waals surface area contributed by atoms with Crippen molar-refractivity contribution in [2.75, 3.05) is 5.32 Å². The molecule has 0 bridgehead atoms. The number of hydrogen-bond acceptors (Lipinski definition) is 6. The van der Waals surface area contributed by atoms with Crippen molar-refractivity contribution in [1.82, 2.24) is 14.9 Å². The number of halogens is 1. The highest BCUT2D eigenvalue weighted by atomic mass is 35.5. The summed E-state index contributed by atoms with van der Waals surface area (Å²) in [7, 11) is -3.83. The molecule has 0 unspecified atom stereocenters. The minimum absolute atomic E-state index is 0.0761. The fraction of sp³-hybridized carbons (Fsp3) is 0.211. The molecule has 152 valence electrons. The van der Waals surface area contributed by atoms with Gasteiger partial charge in [-0.2, -0.15) is 0 Å². The molecule has 2 N–H and O–H groups in total. The molecule has 1 amide bonds. The first-order valence-corrected chi connectivity index (χ1v) is 11.5. The molecule has 1 atom stereocenters. The molecule has 0 fully saturated rings. The Hall–Kier alpha value is -2.33. The number of amides is 1. The van der Waals surface area contributed by atoms with Gasteiger partial charge in [-0.15, -0.1) is 10.2 Å². The van der Waals surface area contributed by atoms with Crippen LogP contribution in [-0.2, 0) is 16.4 Å². The standard InChI is InChI=1S/C19H19ClN4O3S2/c1-13(11-12-14-7-3-2-4-8-14)24-29(26,27)19-23-22-18(28-19)21-17(25)15-9-5-6-10-16(15)20/h2-10,13,24H,11-12H2,1H3,(H,21,22,25)/t13-/m0/s1. The molecule has 29 heavy (non-hydrogen) atoms. The fourth-order valence-corrected chi connectivity index (χ4v) is 4.99. The number of benzene rings is 2. The first-order chi connectivity index (χ1) is 13.8. The summed E-state index contributed by atoms with van der Waals surface area (Å²) in [5, 5.41) is 10.3. The summed E-state index contributed by atoms with van der Waals surface area (Å²) in [6.45, 7) is 1.79. The van der Waals surface area contributed by atoms with Crippen molar-refractivity contribution in [2.24, 2.45) is 0 Å². The molecule has 0 spiro atoms. The third-order valence-corrected chi connectivity index (χ3v) is 7.17. The minimum atomic E-state index is -3.83. The first-order valence-electron chi connectivity index (χ1n) is 8.81. The average molecular weight is 451 g/mol. The van der Waals surface area contributed by atoms with E-state index < -0.39 is 15.9 Å². The Labute approximate surface area is 178 Å². The van der Waals surface area contributed by atoms with Gasteiger partial charge in [-0.05, 0) is 37.5 Å². The fourth-order valence-electron chi connectivity index (χ4n) is 2.58. The summed E-state index contributed by atoms with van der Waals surface area (Å²) in [6.07, 6.45) is 1.39. The molecular weight excluding hydrogens is 432 g/mol. The molecule has 0 saturated carbocycles. The Morgan fingerprint density at radius 1 is 1.10 bits per heavy atom. The van der Waals surface area contributed by atoms with Crippen molar-refractivity contribution in [3.05, 3.63) is 70.7 Å². The number of hydrogen-bond donors (Lipinski definition) is 2. The van der Waals surface area contributed by atoms with E-state index in [1.807, 2.05) is 30.3 Å².